The van der Waals surface area contributed by atoms with Crippen LogP contribution in [0.4, 0.5) is 0 Å². The fourth-order valence-corrected chi connectivity index (χ4v) is 5.12. The summed E-state index contributed by atoms with van der Waals surface area (Å²) in [4.78, 5) is 27.7. The molecule has 1 aliphatic carbocycles. The van der Waals surface area contributed by atoms with E-state index in [4.69, 9.17) is 0 Å². The Labute approximate surface area is 210 Å². The zero-order valence-electron chi connectivity index (χ0n) is 19.6. The fraction of sp³-hybridized carbons (Fsp3) is 0.0645. The highest BCUT2D eigenvalue weighted by atomic mass is 16.2. The molecule has 1 atom stereocenters. The molecule has 0 amide bonds. The number of para-hydroxylation sites is 1. The van der Waals surface area contributed by atoms with Crippen molar-refractivity contribution in [2.24, 2.45) is 0 Å². The molecular weight excluding hydrogens is 446 g/mol. The second kappa shape index (κ2) is 9.15. The Hall–Kier alpha value is -4.12. The maximum Gasteiger partial charge on any atom is 0.352 e. The summed E-state index contributed by atoms with van der Waals surface area (Å²) < 4.78 is 4.42. The molecule has 0 bridgehead atoms. The number of hydrogen-bond donors (Lipinski definition) is 0. The van der Waals surface area contributed by atoms with E-state index in [1.54, 1.807) is 21.5 Å². The lowest BCUT2D eigenvalue weighted by atomic mass is 9.80. The van der Waals surface area contributed by atoms with Crippen LogP contribution in [-0.2, 0) is 6.54 Å². The van der Waals surface area contributed by atoms with E-state index in [2.05, 4.69) is 6.58 Å². The van der Waals surface area contributed by atoms with E-state index in [9.17, 15) is 9.59 Å². The molecule has 2 aliphatic rings. The Morgan fingerprint density at radius 2 is 1.33 bits per heavy atom. The van der Waals surface area contributed by atoms with E-state index in [0.717, 1.165) is 33.8 Å². The van der Waals surface area contributed by atoms with Crippen molar-refractivity contribution in [1.29, 1.82) is 0 Å². The van der Waals surface area contributed by atoms with E-state index in [-0.39, 0.29) is 17.9 Å². The molecule has 5 heteroatoms. The van der Waals surface area contributed by atoms with Gasteiger partial charge in [-0.3, -0.25) is 0 Å². The first-order valence-corrected chi connectivity index (χ1v) is 11.9. The largest absolute Gasteiger partial charge is 0.352 e. The van der Waals surface area contributed by atoms with Gasteiger partial charge in [-0.15, -0.1) is 0 Å². The van der Waals surface area contributed by atoms with E-state index >= 15 is 0 Å². The summed E-state index contributed by atoms with van der Waals surface area (Å²) in [5.41, 5.74) is 4.53. The van der Waals surface area contributed by atoms with Crippen LogP contribution in [0.2, 0.25) is 0 Å². The molecule has 36 heavy (non-hydrogen) atoms. The molecule has 1 aromatic heterocycles. The minimum Gasteiger partial charge on any atom is -0.245 e. The molecule has 175 valence electrons. The van der Waals surface area contributed by atoms with Crippen LogP contribution in [0, 0.1) is 31.6 Å². The Kier molecular flexibility index (Phi) is 5.68. The quantitative estimate of drug-likeness (QED) is 0.415. The molecule has 5 nitrogen and oxygen atoms in total. The minimum absolute atomic E-state index is 0.260. The van der Waals surface area contributed by atoms with Crippen molar-refractivity contribution in [2.45, 2.75) is 12.6 Å². The van der Waals surface area contributed by atoms with Gasteiger partial charge in [0.15, 0.2) is 0 Å². The van der Waals surface area contributed by atoms with Crippen molar-refractivity contribution in [3.8, 4) is 5.69 Å². The third kappa shape index (κ3) is 3.63. The van der Waals surface area contributed by atoms with E-state index in [1.165, 1.54) is 4.57 Å². The number of allylic oxidation sites excluding steroid dienone is 3. The van der Waals surface area contributed by atoms with Gasteiger partial charge in [0.25, 0.3) is 0 Å². The molecule has 3 aromatic carbocycles. The zero-order chi connectivity index (χ0) is 24.6. The maximum atomic E-state index is 13.9. The van der Waals surface area contributed by atoms with Crippen molar-refractivity contribution >= 4 is 11.1 Å². The predicted molar refractivity (Wildman–Crippen MR) is 143 cm³/mol. The molecule has 4 aromatic rings. The topological polar surface area (TPSA) is 48.9 Å². The van der Waals surface area contributed by atoms with Crippen LogP contribution in [-0.4, -0.2) is 13.9 Å². The number of hydrogen-bond acceptors (Lipinski definition) is 2. The fourth-order valence-electron chi connectivity index (χ4n) is 5.12. The van der Waals surface area contributed by atoms with Gasteiger partial charge in [0.2, 0.25) is 0 Å². The third-order valence-electron chi connectivity index (χ3n) is 6.80. The standard InChI is InChI=1S/C31H24N3O2/c1-22(23-13-5-2-6-14-23)28-27(24-15-7-3-8-16-24)21-32-30(35)33(26-19-9-4-10-20-26)31(36)34(32)29(28)25-17-11-12-18-25/h2-20,29H,1,21H2. The van der Waals surface area contributed by atoms with E-state index in [1.807, 2.05) is 105 Å². The zero-order valence-corrected chi connectivity index (χ0v) is 19.6. The summed E-state index contributed by atoms with van der Waals surface area (Å²) in [6, 6.07) is 28.6. The number of benzene rings is 3. The van der Waals surface area contributed by atoms with Crippen molar-refractivity contribution < 1.29 is 0 Å². The van der Waals surface area contributed by atoms with Gasteiger partial charge in [0.05, 0.1) is 18.3 Å². The summed E-state index contributed by atoms with van der Waals surface area (Å²) in [5, 5.41) is 0. The molecule has 0 spiro atoms. The van der Waals surface area contributed by atoms with Crippen molar-refractivity contribution in [3.05, 3.63) is 167 Å². The lowest BCUT2D eigenvalue weighted by molar-refractivity contribution is 0.416. The molecule has 1 fully saturated rings. The van der Waals surface area contributed by atoms with Gasteiger partial charge in [-0.25, -0.2) is 23.5 Å². The first-order chi connectivity index (χ1) is 17.6. The SMILES string of the molecule is C=C(C1=C(c2ccccc2)Cn2c(=O)n(-c3ccccc3)c(=O)n2C1[C]1[CH][CH][CH][CH]1)c1ccccc1. The molecule has 1 saturated carbocycles. The highest BCUT2D eigenvalue weighted by molar-refractivity contribution is 5.90. The molecule has 0 saturated heterocycles. The van der Waals surface area contributed by atoms with Gasteiger partial charge in [0, 0.05) is 5.92 Å². The normalized spacial score (nSPS) is 17.8. The Bertz CT molecular complexity index is 1550. The van der Waals surface area contributed by atoms with Crippen LogP contribution in [0.3, 0.4) is 0 Å². The average molecular weight is 471 g/mol. The smallest absolute Gasteiger partial charge is 0.245 e. The molecule has 2 heterocycles. The average Bonchev–Trinajstić information content (AvgIpc) is 3.55. The van der Waals surface area contributed by atoms with Gasteiger partial charge in [0.1, 0.15) is 0 Å². The lowest BCUT2D eigenvalue weighted by Gasteiger charge is -2.35. The second-order valence-electron chi connectivity index (χ2n) is 8.86. The van der Waals surface area contributed by atoms with Crippen LogP contribution in [0.15, 0.2) is 113 Å². The third-order valence-corrected chi connectivity index (χ3v) is 6.80. The first kappa shape index (κ1) is 22.4. The molecular formula is C31H24N3O2. The van der Waals surface area contributed by atoms with Gasteiger partial charge >= 0.3 is 11.4 Å². The van der Waals surface area contributed by atoms with E-state index in [0.29, 0.717) is 5.69 Å². The van der Waals surface area contributed by atoms with Gasteiger partial charge < -0.3 is 0 Å². The highest BCUT2D eigenvalue weighted by Crippen LogP contribution is 2.47. The Morgan fingerprint density at radius 1 is 0.750 bits per heavy atom. The minimum atomic E-state index is -0.512. The summed E-state index contributed by atoms with van der Waals surface area (Å²) in [5.74, 6) is 0.927. The van der Waals surface area contributed by atoms with Crippen LogP contribution < -0.4 is 11.4 Å². The van der Waals surface area contributed by atoms with Crippen molar-refractivity contribution in [3.63, 3.8) is 0 Å². The summed E-state index contributed by atoms with van der Waals surface area (Å²) in [6.45, 7) is 4.77. The van der Waals surface area contributed by atoms with Crippen molar-refractivity contribution in [2.75, 3.05) is 0 Å². The summed E-state index contributed by atoms with van der Waals surface area (Å²) >= 11 is 0. The van der Waals surface area contributed by atoms with Crippen molar-refractivity contribution in [1.82, 2.24) is 13.9 Å². The molecule has 1 unspecified atom stereocenters. The van der Waals surface area contributed by atoms with Gasteiger partial charge in [-0.05, 0) is 65.7 Å². The van der Waals surface area contributed by atoms with Crippen LogP contribution in [0.5, 0.6) is 0 Å². The van der Waals surface area contributed by atoms with Crippen LogP contribution in [0.1, 0.15) is 17.2 Å². The van der Waals surface area contributed by atoms with Gasteiger partial charge in [-0.1, -0.05) is 85.4 Å². The predicted octanol–water partition coefficient (Wildman–Crippen LogP) is 4.93. The molecule has 5 radical (unpaired) electrons. The Balaban J connectivity index is 1.64. The maximum absolute atomic E-state index is 13.9. The molecule has 0 N–H and O–H groups in total. The molecule has 6 rings (SSSR count). The number of fused-ring (bicyclic) bond motifs is 1. The monoisotopic (exact) mass is 470 g/mol. The van der Waals surface area contributed by atoms with Crippen LogP contribution >= 0.6 is 0 Å². The lowest BCUT2D eigenvalue weighted by Crippen LogP contribution is -2.39. The van der Waals surface area contributed by atoms with Gasteiger partial charge in [-0.2, -0.15) is 0 Å². The molecule has 1 aliphatic heterocycles. The Morgan fingerprint density at radius 3 is 1.97 bits per heavy atom. The summed E-state index contributed by atoms with van der Waals surface area (Å²) in [7, 11) is 0. The number of rotatable bonds is 5. The first-order valence-electron chi connectivity index (χ1n) is 11.9. The number of nitrogens with zero attached hydrogens (tertiary/aromatic N) is 3. The van der Waals surface area contributed by atoms with E-state index < -0.39 is 6.04 Å². The van der Waals surface area contributed by atoms with Crippen LogP contribution in [0.25, 0.3) is 16.8 Å². The highest BCUT2D eigenvalue weighted by Gasteiger charge is 2.40. The number of aromatic nitrogens is 3. The second-order valence-corrected chi connectivity index (χ2v) is 8.86. The summed E-state index contributed by atoms with van der Waals surface area (Å²) in [6.07, 6.45) is 7.91.